The van der Waals surface area contributed by atoms with Crippen molar-refractivity contribution in [3.63, 3.8) is 0 Å². The monoisotopic (exact) mass is 464 g/mol. The molecule has 2 aromatic rings. The lowest BCUT2D eigenvalue weighted by Crippen LogP contribution is -2.36. The Morgan fingerprint density at radius 3 is 2.29 bits per heavy atom. The highest BCUT2D eigenvalue weighted by Crippen LogP contribution is 2.44. The number of carboxylic acids is 1. The Morgan fingerprint density at radius 2 is 1.65 bits per heavy atom. The van der Waals surface area contributed by atoms with Crippen LogP contribution in [0, 0.1) is 17.8 Å². The van der Waals surface area contributed by atoms with E-state index in [0.29, 0.717) is 19.5 Å². The fourth-order valence-corrected chi connectivity index (χ4v) is 5.22. The number of carboxylic acid groups (broad SMARTS) is 1. The van der Waals surface area contributed by atoms with Crippen LogP contribution in [0.4, 0.5) is 4.79 Å². The first-order valence-corrected chi connectivity index (χ1v) is 12.0. The predicted molar refractivity (Wildman–Crippen MR) is 128 cm³/mol. The Balaban J connectivity index is 1.19. The molecule has 2 aliphatic rings. The van der Waals surface area contributed by atoms with Crippen molar-refractivity contribution < 1.29 is 24.2 Å². The number of hydrogen-bond donors (Lipinski definition) is 3. The SMILES string of the molecule is CC(CNC(=O)OCC1c2ccccc2-c2ccccc21)CC(=O)NC[C@@H]1CCC[C@@H]1C(=O)O. The lowest BCUT2D eigenvalue weighted by atomic mass is 9.96. The summed E-state index contributed by atoms with van der Waals surface area (Å²) in [5, 5.41) is 14.9. The van der Waals surface area contributed by atoms with Crippen molar-refractivity contribution in [2.24, 2.45) is 17.8 Å². The first-order valence-electron chi connectivity index (χ1n) is 12.0. The molecule has 1 saturated carbocycles. The van der Waals surface area contributed by atoms with Gasteiger partial charge in [-0.15, -0.1) is 0 Å². The largest absolute Gasteiger partial charge is 0.481 e. The highest BCUT2D eigenvalue weighted by atomic mass is 16.5. The number of nitrogens with one attached hydrogen (secondary N) is 2. The zero-order valence-electron chi connectivity index (χ0n) is 19.5. The summed E-state index contributed by atoms with van der Waals surface area (Å²) in [6.45, 7) is 2.85. The van der Waals surface area contributed by atoms with Crippen molar-refractivity contribution in [3.8, 4) is 11.1 Å². The Bertz CT molecular complexity index is 1010. The van der Waals surface area contributed by atoms with E-state index in [4.69, 9.17) is 4.74 Å². The number of hydrogen-bond acceptors (Lipinski definition) is 4. The van der Waals surface area contributed by atoms with Crippen LogP contribution in [0.25, 0.3) is 11.1 Å². The van der Waals surface area contributed by atoms with E-state index in [9.17, 15) is 19.5 Å². The van der Waals surface area contributed by atoms with E-state index in [2.05, 4.69) is 34.9 Å². The maximum atomic E-state index is 12.3. The molecule has 34 heavy (non-hydrogen) atoms. The summed E-state index contributed by atoms with van der Waals surface area (Å²) in [6, 6.07) is 16.4. The molecule has 7 heteroatoms. The van der Waals surface area contributed by atoms with Crippen molar-refractivity contribution >= 4 is 18.0 Å². The Kier molecular flexibility index (Phi) is 7.50. The van der Waals surface area contributed by atoms with Crippen molar-refractivity contribution in [2.45, 2.75) is 38.5 Å². The van der Waals surface area contributed by atoms with Crippen LogP contribution in [0.2, 0.25) is 0 Å². The molecule has 1 fully saturated rings. The molecule has 2 amide bonds. The highest BCUT2D eigenvalue weighted by molar-refractivity contribution is 5.79. The summed E-state index contributed by atoms with van der Waals surface area (Å²) in [6.07, 6.45) is 2.16. The predicted octanol–water partition coefficient (Wildman–Crippen LogP) is 4.17. The molecule has 0 heterocycles. The number of aliphatic carboxylic acids is 1. The van der Waals surface area contributed by atoms with E-state index in [1.165, 1.54) is 11.1 Å². The molecule has 0 bridgehead atoms. The van der Waals surface area contributed by atoms with Gasteiger partial charge in [-0.05, 0) is 46.9 Å². The maximum absolute atomic E-state index is 12.3. The molecule has 2 aromatic carbocycles. The quantitative estimate of drug-likeness (QED) is 0.517. The minimum atomic E-state index is -0.780. The Labute approximate surface area is 199 Å². The molecule has 2 aliphatic carbocycles. The molecule has 180 valence electrons. The van der Waals surface area contributed by atoms with Gasteiger partial charge in [0, 0.05) is 25.4 Å². The minimum absolute atomic E-state index is 0.00397. The van der Waals surface area contributed by atoms with Crippen LogP contribution in [0.5, 0.6) is 0 Å². The third-order valence-corrected chi connectivity index (χ3v) is 7.01. The normalized spacial score (nSPS) is 19.7. The van der Waals surface area contributed by atoms with Crippen LogP contribution in [0.3, 0.4) is 0 Å². The highest BCUT2D eigenvalue weighted by Gasteiger charge is 2.33. The lowest BCUT2D eigenvalue weighted by molar-refractivity contribution is -0.143. The zero-order chi connectivity index (χ0) is 24.1. The molecule has 4 rings (SSSR count). The van der Waals surface area contributed by atoms with Gasteiger partial charge in [-0.2, -0.15) is 0 Å². The van der Waals surface area contributed by atoms with E-state index < -0.39 is 12.1 Å². The van der Waals surface area contributed by atoms with Gasteiger partial charge in [-0.25, -0.2) is 4.79 Å². The van der Waals surface area contributed by atoms with Crippen LogP contribution < -0.4 is 10.6 Å². The molecule has 7 nitrogen and oxygen atoms in total. The number of fused-ring (bicyclic) bond motifs is 3. The van der Waals surface area contributed by atoms with Gasteiger partial charge in [0.05, 0.1) is 5.92 Å². The first kappa shape index (κ1) is 23.8. The topological polar surface area (TPSA) is 105 Å². The van der Waals surface area contributed by atoms with Gasteiger partial charge >= 0.3 is 12.1 Å². The third kappa shape index (κ3) is 5.41. The number of carbonyl (C=O) groups excluding carboxylic acids is 2. The second-order valence-corrected chi connectivity index (χ2v) is 9.46. The van der Waals surface area contributed by atoms with Crippen molar-refractivity contribution in [3.05, 3.63) is 59.7 Å². The van der Waals surface area contributed by atoms with Gasteiger partial charge in [-0.1, -0.05) is 61.9 Å². The molecule has 0 radical (unpaired) electrons. The fraction of sp³-hybridized carbons (Fsp3) is 0.444. The molecule has 3 N–H and O–H groups in total. The van der Waals surface area contributed by atoms with E-state index >= 15 is 0 Å². The van der Waals surface area contributed by atoms with Crippen LogP contribution in [-0.4, -0.2) is 42.8 Å². The van der Waals surface area contributed by atoms with E-state index in [-0.39, 0.29) is 42.6 Å². The van der Waals surface area contributed by atoms with Gasteiger partial charge in [0.2, 0.25) is 5.91 Å². The molecular weight excluding hydrogens is 432 g/mol. The van der Waals surface area contributed by atoms with E-state index in [1.54, 1.807) is 0 Å². The summed E-state index contributed by atoms with van der Waals surface area (Å²) < 4.78 is 5.54. The van der Waals surface area contributed by atoms with Gasteiger partial charge in [0.1, 0.15) is 6.61 Å². The lowest BCUT2D eigenvalue weighted by Gasteiger charge is -2.18. The summed E-state index contributed by atoms with van der Waals surface area (Å²) in [4.78, 5) is 35.9. The van der Waals surface area contributed by atoms with E-state index in [1.807, 2.05) is 31.2 Å². The molecule has 0 saturated heterocycles. The first-order chi connectivity index (χ1) is 16.4. The van der Waals surface area contributed by atoms with Gasteiger partial charge in [0.15, 0.2) is 0 Å². The van der Waals surface area contributed by atoms with Crippen LogP contribution in [0.1, 0.15) is 49.7 Å². The van der Waals surface area contributed by atoms with Crippen LogP contribution in [0.15, 0.2) is 48.5 Å². The number of alkyl carbamates (subject to hydrolysis) is 1. The average molecular weight is 465 g/mol. The minimum Gasteiger partial charge on any atom is -0.481 e. The fourth-order valence-electron chi connectivity index (χ4n) is 5.22. The number of benzene rings is 2. The van der Waals surface area contributed by atoms with Gasteiger partial charge < -0.3 is 20.5 Å². The smallest absolute Gasteiger partial charge is 0.407 e. The summed E-state index contributed by atoms with van der Waals surface area (Å²) in [7, 11) is 0. The number of amides is 2. The van der Waals surface area contributed by atoms with Crippen LogP contribution in [-0.2, 0) is 14.3 Å². The summed E-state index contributed by atoms with van der Waals surface area (Å²) in [5.41, 5.74) is 4.68. The number of rotatable bonds is 9. The average Bonchev–Trinajstić information content (AvgIpc) is 3.43. The third-order valence-electron chi connectivity index (χ3n) is 7.01. The second-order valence-electron chi connectivity index (χ2n) is 9.46. The number of carbonyl (C=O) groups is 3. The molecule has 0 spiro atoms. The molecule has 3 atom stereocenters. The summed E-state index contributed by atoms with van der Waals surface area (Å²) in [5.74, 6) is -1.34. The van der Waals surface area contributed by atoms with Crippen molar-refractivity contribution in [1.82, 2.24) is 10.6 Å². The van der Waals surface area contributed by atoms with Crippen molar-refractivity contribution in [1.29, 1.82) is 0 Å². The molecule has 1 unspecified atom stereocenters. The standard InChI is InChI=1S/C27H32N2O5/c1-17(13-25(30)28-15-18-7-6-12-19(18)26(31)32)14-29-27(33)34-16-24-22-10-4-2-8-20(22)21-9-3-5-11-23(21)24/h2-5,8-11,17-19,24H,6-7,12-16H2,1H3,(H,28,30)(H,29,33)(H,31,32)/t17?,18-,19-/m0/s1. The number of ether oxygens (including phenoxy) is 1. The summed E-state index contributed by atoms with van der Waals surface area (Å²) >= 11 is 0. The Hall–Kier alpha value is -3.35. The van der Waals surface area contributed by atoms with Crippen LogP contribution >= 0.6 is 0 Å². The molecule has 0 aromatic heterocycles. The maximum Gasteiger partial charge on any atom is 0.407 e. The van der Waals surface area contributed by atoms with E-state index in [0.717, 1.165) is 24.0 Å². The second kappa shape index (κ2) is 10.7. The zero-order valence-corrected chi connectivity index (χ0v) is 19.5. The van der Waals surface area contributed by atoms with Crippen molar-refractivity contribution in [2.75, 3.05) is 19.7 Å². The van der Waals surface area contributed by atoms with Gasteiger partial charge in [-0.3, -0.25) is 9.59 Å². The molecular formula is C27H32N2O5. The molecule has 0 aliphatic heterocycles. The van der Waals surface area contributed by atoms with Gasteiger partial charge in [0.25, 0.3) is 0 Å². The Morgan fingerprint density at radius 1 is 1.00 bits per heavy atom.